The Morgan fingerprint density at radius 2 is 2.44 bits per heavy atom. The minimum atomic E-state index is 0.391. The van der Waals surface area contributed by atoms with Crippen LogP contribution in [0.25, 0.3) is 0 Å². The highest BCUT2D eigenvalue weighted by atomic mass is 32.1. The lowest BCUT2D eigenvalue weighted by molar-refractivity contribution is 0.277. The van der Waals surface area contributed by atoms with Crippen LogP contribution in [0, 0.1) is 0 Å². The standard InChI is InChI=1S/C13H20N4S/c1-2-17-7-3-4-11(17)9-16-12-6-5-10(8-15-12)13(14)18/h5-6,8,11H,2-4,7,9H2,1H3,(H2,14,18)(H,15,16). The fourth-order valence-electron chi connectivity index (χ4n) is 2.41. The van der Waals surface area contributed by atoms with Gasteiger partial charge in [0.25, 0.3) is 0 Å². The fourth-order valence-corrected chi connectivity index (χ4v) is 2.53. The predicted molar refractivity (Wildman–Crippen MR) is 78.9 cm³/mol. The molecule has 2 heterocycles. The van der Waals surface area contributed by atoms with Crippen molar-refractivity contribution in [3.8, 4) is 0 Å². The monoisotopic (exact) mass is 264 g/mol. The highest BCUT2D eigenvalue weighted by Gasteiger charge is 2.22. The first-order chi connectivity index (χ1) is 8.70. The number of hydrogen-bond acceptors (Lipinski definition) is 4. The van der Waals surface area contributed by atoms with E-state index in [4.69, 9.17) is 18.0 Å². The first-order valence-electron chi connectivity index (χ1n) is 6.44. The van der Waals surface area contributed by atoms with Crippen LogP contribution in [0.5, 0.6) is 0 Å². The van der Waals surface area contributed by atoms with Gasteiger partial charge >= 0.3 is 0 Å². The number of rotatable bonds is 5. The average Bonchev–Trinajstić information content (AvgIpc) is 2.84. The highest BCUT2D eigenvalue weighted by Crippen LogP contribution is 2.17. The minimum absolute atomic E-state index is 0.391. The summed E-state index contributed by atoms with van der Waals surface area (Å²) in [7, 11) is 0. The number of thiocarbonyl (C=S) groups is 1. The Balaban J connectivity index is 1.88. The zero-order valence-electron chi connectivity index (χ0n) is 10.7. The second-order valence-corrected chi connectivity index (χ2v) is 5.04. The van der Waals surface area contributed by atoms with Crippen LogP contribution in [-0.2, 0) is 0 Å². The van der Waals surface area contributed by atoms with Crippen LogP contribution in [0.2, 0.25) is 0 Å². The Morgan fingerprint density at radius 3 is 3.06 bits per heavy atom. The van der Waals surface area contributed by atoms with Crippen LogP contribution in [-0.4, -0.2) is 40.5 Å². The number of nitrogens with two attached hydrogens (primary N) is 1. The first kappa shape index (κ1) is 13.2. The summed E-state index contributed by atoms with van der Waals surface area (Å²) in [5, 5.41) is 3.38. The summed E-state index contributed by atoms with van der Waals surface area (Å²) in [6.07, 6.45) is 4.29. The van der Waals surface area contributed by atoms with E-state index in [1.807, 2.05) is 12.1 Å². The van der Waals surface area contributed by atoms with E-state index >= 15 is 0 Å². The summed E-state index contributed by atoms with van der Waals surface area (Å²) < 4.78 is 0. The minimum Gasteiger partial charge on any atom is -0.389 e. The maximum Gasteiger partial charge on any atom is 0.125 e. The van der Waals surface area contributed by atoms with Crippen molar-refractivity contribution < 1.29 is 0 Å². The molecule has 0 radical (unpaired) electrons. The molecule has 0 bridgehead atoms. The second-order valence-electron chi connectivity index (χ2n) is 4.60. The molecule has 98 valence electrons. The Hall–Kier alpha value is -1.20. The smallest absolute Gasteiger partial charge is 0.125 e. The summed E-state index contributed by atoms with van der Waals surface area (Å²) in [6, 6.07) is 4.47. The number of pyridine rings is 1. The fraction of sp³-hybridized carbons (Fsp3) is 0.538. The number of likely N-dealkylation sites (tertiary alicyclic amines) is 1. The molecule has 0 aromatic carbocycles. The van der Waals surface area contributed by atoms with Crippen LogP contribution in [0.3, 0.4) is 0 Å². The van der Waals surface area contributed by atoms with Crippen molar-refractivity contribution in [1.29, 1.82) is 0 Å². The van der Waals surface area contributed by atoms with E-state index in [0.717, 1.165) is 24.5 Å². The van der Waals surface area contributed by atoms with Gasteiger partial charge in [-0.1, -0.05) is 19.1 Å². The summed E-state index contributed by atoms with van der Waals surface area (Å²) in [5.74, 6) is 0.887. The van der Waals surface area contributed by atoms with Crippen LogP contribution in [0.1, 0.15) is 25.3 Å². The first-order valence-corrected chi connectivity index (χ1v) is 6.85. The second kappa shape index (κ2) is 6.11. The summed E-state index contributed by atoms with van der Waals surface area (Å²) in [6.45, 7) is 5.51. The van der Waals surface area contributed by atoms with Crippen molar-refractivity contribution in [2.45, 2.75) is 25.8 Å². The van der Waals surface area contributed by atoms with Gasteiger partial charge in [-0.3, -0.25) is 4.90 Å². The van der Waals surface area contributed by atoms with E-state index in [1.165, 1.54) is 19.4 Å². The molecular weight excluding hydrogens is 244 g/mol. The molecule has 4 nitrogen and oxygen atoms in total. The van der Waals surface area contributed by atoms with Crippen molar-refractivity contribution in [2.24, 2.45) is 5.73 Å². The normalized spacial score (nSPS) is 19.9. The lowest BCUT2D eigenvalue weighted by Crippen LogP contribution is -2.34. The van der Waals surface area contributed by atoms with Gasteiger partial charge in [-0.05, 0) is 38.1 Å². The molecule has 18 heavy (non-hydrogen) atoms. The zero-order chi connectivity index (χ0) is 13.0. The maximum absolute atomic E-state index is 5.54. The third-order valence-electron chi connectivity index (χ3n) is 3.47. The van der Waals surface area contributed by atoms with Gasteiger partial charge in [0, 0.05) is 24.3 Å². The van der Waals surface area contributed by atoms with Gasteiger partial charge in [0.05, 0.1) is 0 Å². The summed E-state index contributed by atoms with van der Waals surface area (Å²) >= 11 is 4.90. The van der Waals surface area contributed by atoms with Crippen molar-refractivity contribution in [1.82, 2.24) is 9.88 Å². The lowest BCUT2D eigenvalue weighted by atomic mass is 10.2. The molecule has 1 aromatic rings. The van der Waals surface area contributed by atoms with E-state index in [9.17, 15) is 0 Å². The molecule has 1 aliphatic heterocycles. The average molecular weight is 264 g/mol. The predicted octanol–water partition coefficient (Wildman–Crippen LogP) is 1.61. The van der Waals surface area contributed by atoms with Crippen molar-refractivity contribution in [3.63, 3.8) is 0 Å². The van der Waals surface area contributed by atoms with Crippen LogP contribution in [0.15, 0.2) is 18.3 Å². The topological polar surface area (TPSA) is 54.2 Å². The van der Waals surface area contributed by atoms with Crippen molar-refractivity contribution in [3.05, 3.63) is 23.9 Å². The molecular formula is C13H20N4S. The van der Waals surface area contributed by atoms with Gasteiger partial charge in [0.2, 0.25) is 0 Å². The van der Waals surface area contributed by atoms with Gasteiger partial charge in [0.15, 0.2) is 0 Å². The molecule has 5 heteroatoms. The van der Waals surface area contributed by atoms with Crippen LogP contribution < -0.4 is 11.1 Å². The number of aromatic nitrogens is 1. The number of nitrogens with zero attached hydrogens (tertiary/aromatic N) is 2. The number of hydrogen-bond donors (Lipinski definition) is 2. The molecule has 1 aromatic heterocycles. The number of nitrogens with one attached hydrogen (secondary N) is 1. The molecule has 1 fully saturated rings. The highest BCUT2D eigenvalue weighted by molar-refractivity contribution is 7.80. The van der Waals surface area contributed by atoms with Crippen molar-refractivity contribution >= 4 is 23.0 Å². The van der Waals surface area contributed by atoms with E-state index < -0.39 is 0 Å². The Bertz CT molecular complexity index is 404. The number of anilines is 1. The SMILES string of the molecule is CCN1CCCC1CNc1ccc(C(N)=S)cn1. The molecule has 1 atom stereocenters. The third kappa shape index (κ3) is 3.17. The number of likely N-dealkylation sites (N-methyl/N-ethyl adjacent to an activating group) is 1. The van der Waals surface area contributed by atoms with Gasteiger partial charge in [-0.15, -0.1) is 0 Å². The third-order valence-corrected chi connectivity index (χ3v) is 3.71. The van der Waals surface area contributed by atoms with Gasteiger partial charge < -0.3 is 11.1 Å². The largest absolute Gasteiger partial charge is 0.389 e. The lowest BCUT2D eigenvalue weighted by Gasteiger charge is -2.23. The zero-order valence-corrected chi connectivity index (χ0v) is 11.5. The molecule has 1 saturated heterocycles. The van der Waals surface area contributed by atoms with E-state index in [0.29, 0.717) is 11.0 Å². The summed E-state index contributed by atoms with van der Waals surface area (Å²) in [4.78, 5) is 7.22. The molecule has 0 amide bonds. The molecule has 1 aliphatic rings. The van der Waals surface area contributed by atoms with E-state index in [2.05, 4.69) is 22.1 Å². The van der Waals surface area contributed by atoms with Gasteiger partial charge in [-0.25, -0.2) is 4.98 Å². The van der Waals surface area contributed by atoms with Crippen molar-refractivity contribution in [2.75, 3.05) is 25.0 Å². The van der Waals surface area contributed by atoms with Crippen LogP contribution in [0.4, 0.5) is 5.82 Å². The quantitative estimate of drug-likeness (QED) is 0.791. The maximum atomic E-state index is 5.54. The summed E-state index contributed by atoms with van der Waals surface area (Å²) in [5.41, 5.74) is 6.35. The molecule has 0 aliphatic carbocycles. The van der Waals surface area contributed by atoms with E-state index in [-0.39, 0.29) is 0 Å². The molecule has 1 unspecified atom stereocenters. The van der Waals surface area contributed by atoms with Gasteiger partial charge in [0.1, 0.15) is 10.8 Å². The molecule has 0 saturated carbocycles. The Morgan fingerprint density at radius 1 is 1.61 bits per heavy atom. The molecule has 3 N–H and O–H groups in total. The molecule has 0 spiro atoms. The Labute approximate surface area is 114 Å². The van der Waals surface area contributed by atoms with E-state index in [1.54, 1.807) is 6.20 Å². The van der Waals surface area contributed by atoms with Gasteiger partial charge in [-0.2, -0.15) is 0 Å². The Kier molecular flexibility index (Phi) is 4.49. The van der Waals surface area contributed by atoms with Crippen LogP contribution >= 0.6 is 12.2 Å². The molecule has 2 rings (SSSR count).